The van der Waals surface area contributed by atoms with Crippen molar-refractivity contribution in [2.75, 3.05) is 0 Å². The fourth-order valence-corrected chi connectivity index (χ4v) is 7.20. The van der Waals surface area contributed by atoms with E-state index in [2.05, 4.69) is 84.0 Å². The van der Waals surface area contributed by atoms with Gasteiger partial charge in [0.2, 0.25) is 8.32 Å². The van der Waals surface area contributed by atoms with Crippen LogP contribution in [-0.4, -0.2) is 13.9 Å². The van der Waals surface area contributed by atoms with Crippen molar-refractivity contribution in [2.24, 2.45) is 17.8 Å². The molecule has 1 heterocycles. The first-order chi connectivity index (χ1) is 16.8. The minimum atomic E-state index is -1.69. The van der Waals surface area contributed by atoms with Crippen molar-refractivity contribution in [3.8, 4) is 11.5 Å². The molecule has 0 N–H and O–H groups in total. The predicted molar refractivity (Wildman–Crippen MR) is 165 cm³/mol. The molecule has 0 aliphatic carbocycles. The van der Waals surface area contributed by atoms with Crippen LogP contribution in [0.3, 0.4) is 0 Å². The first-order valence-corrected chi connectivity index (χ1v) is 19.4. The molecule has 2 rings (SSSR count). The number of hydrogen-bond acceptors (Lipinski definition) is 2. The summed E-state index contributed by atoms with van der Waals surface area (Å²) in [6, 6.07) is 0. The third-order valence-electron chi connectivity index (χ3n) is 8.23. The second kappa shape index (κ2) is 14.1. The van der Waals surface area contributed by atoms with Crippen molar-refractivity contribution < 1.29 is 9.16 Å². The van der Waals surface area contributed by atoms with Crippen molar-refractivity contribution in [2.45, 2.75) is 150 Å². The second-order valence-electron chi connectivity index (χ2n) is 13.6. The van der Waals surface area contributed by atoms with Gasteiger partial charge in [0.15, 0.2) is 0 Å². The van der Waals surface area contributed by atoms with Gasteiger partial charge in [0.05, 0.1) is 0 Å². The average Bonchev–Trinajstić information content (AvgIpc) is 2.77. The van der Waals surface area contributed by atoms with E-state index >= 15 is 0 Å². The Bertz CT molecular complexity index is 829. The molecule has 36 heavy (non-hydrogen) atoms. The van der Waals surface area contributed by atoms with E-state index in [1.807, 2.05) is 0 Å². The molecular formula is C32H57BrO2Si. The monoisotopic (exact) mass is 580 g/mol. The Kier molecular flexibility index (Phi) is 12.4. The maximum absolute atomic E-state index is 6.84. The van der Waals surface area contributed by atoms with Gasteiger partial charge in [-0.1, -0.05) is 88.6 Å². The molecule has 1 aliphatic rings. The van der Waals surface area contributed by atoms with Gasteiger partial charge in [-0.05, 0) is 95.0 Å². The van der Waals surface area contributed by atoms with Crippen LogP contribution in [-0.2, 0) is 11.8 Å². The Morgan fingerprint density at radius 1 is 0.889 bits per heavy atom. The quantitative estimate of drug-likeness (QED) is 0.151. The number of ether oxygens (including phenoxy) is 1. The lowest BCUT2D eigenvalue weighted by Gasteiger charge is -2.39. The van der Waals surface area contributed by atoms with Crippen molar-refractivity contribution >= 4 is 24.2 Å². The van der Waals surface area contributed by atoms with Crippen molar-refractivity contribution in [1.82, 2.24) is 0 Å². The lowest BCUT2D eigenvalue weighted by Crippen LogP contribution is -2.37. The molecule has 0 amide bonds. The van der Waals surface area contributed by atoms with Gasteiger partial charge in [0, 0.05) is 16.5 Å². The Labute approximate surface area is 234 Å². The lowest BCUT2D eigenvalue weighted by molar-refractivity contribution is 0.0512. The minimum Gasteiger partial charge on any atom is -0.544 e. The van der Waals surface area contributed by atoms with Crippen LogP contribution in [0.4, 0.5) is 0 Å². The van der Waals surface area contributed by atoms with E-state index in [9.17, 15) is 0 Å². The van der Waals surface area contributed by atoms with E-state index in [4.69, 9.17) is 9.16 Å². The molecule has 208 valence electrons. The third-order valence-corrected chi connectivity index (χ3v) is 9.60. The molecule has 0 radical (unpaired) electrons. The zero-order chi connectivity index (χ0) is 27.1. The summed E-state index contributed by atoms with van der Waals surface area (Å²) in [5.41, 5.74) is 5.15. The number of alkyl halides is 1. The summed E-state index contributed by atoms with van der Waals surface area (Å²) in [4.78, 5) is 0. The summed E-state index contributed by atoms with van der Waals surface area (Å²) in [6.07, 6.45) is 14.3. The number of benzene rings is 1. The third kappa shape index (κ3) is 9.68. The van der Waals surface area contributed by atoms with Gasteiger partial charge in [-0.3, -0.25) is 0 Å². The highest BCUT2D eigenvalue weighted by molar-refractivity contribution is 9.08. The Morgan fingerprint density at radius 3 is 1.97 bits per heavy atom. The molecule has 0 spiro atoms. The number of hydrogen-bond donors (Lipinski definition) is 0. The molecule has 1 aromatic carbocycles. The Morgan fingerprint density at radius 2 is 1.44 bits per heavy atom. The van der Waals surface area contributed by atoms with Crippen LogP contribution in [0.1, 0.15) is 121 Å². The molecule has 4 heteroatoms. The lowest BCUT2D eigenvalue weighted by atomic mass is 9.83. The summed E-state index contributed by atoms with van der Waals surface area (Å²) in [5.74, 6) is 4.80. The van der Waals surface area contributed by atoms with Gasteiger partial charge < -0.3 is 9.16 Å². The Balaban J connectivity index is 1.89. The SMILES string of the molecule is Cc1c(C)c(O[Si](C)(C)C)c(CBr)c2c1OC(C)(CCCC(C)CCCC(C)CCCC(C)C)CC2. The summed E-state index contributed by atoms with van der Waals surface area (Å²) in [5, 5.41) is 0.824. The largest absolute Gasteiger partial charge is 0.544 e. The van der Waals surface area contributed by atoms with Gasteiger partial charge >= 0.3 is 0 Å². The molecule has 0 aromatic heterocycles. The molecule has 0 fully saturated rings. The zero-order valence-corrected chi connectivity index (χ0v) is 28.0. The summed E-state index contributed by atoms with van der Waals surface area (Å²) in [7, 11) is -1.69. The van der Waals surface area contributed by atoms with Crippen LogP contribution in [0.25, 0.3) is 0 Å². The molecule has 1 aromatic rings. The van der Waals surface area contributed by atoms with E-state index in [1.54, 1.807) is 0 Å². The smallest absolute Gasteiger partial charge is 0.242 e. The maximum Gasteiger partial charge on any atom is 0.242 e. The highest BCUT2D eigenvalue weighted by atomic mass is 79.9. The van der Waals surface area contributed by atoms with Crippen LogP contribution in [0.15, 0.2) is 0 Å². The van der Waals surface area contributed by atoms with E-state index in [-0.39, 0.29) is 5.60 Å². The zero-order valence-electron chi connectivity index (χ0n) is 25.4. The van der Waals surface area contributed by atoms with E-state index in [1.165, 1.54) is 73.6 Å². The Hall–Kier alpha value is -0.483. The van der Waals surface area contributed by atoms with E-state index in [0.717, 1.165) is 53.8 Å². The van der Waals surface area contributed by atoms with Gasteiger partial charge in [0.1, 0.15) is 17.1 Å². The number of halogens is 1. The normalized spacial score (nSPS) is 19.7. The molecule has 0 saturated heterocycles. The number of rotatable bonds is 15. The first-order valence-electron chi connectivity index (χ1n) is 14.8. The van der Waals surface area contributed by atoms with E-state index < -0.39 is 8.32 Å². The van der Waals surface area contributed by atoms with Gasteiger partial charge in [-0.25, -0.2) is 0 Å². The predicted octanol–water partition coefficient (Wildman–Crippen LogP) is 10.9. The molecule has 1 aliphatic heterocycles. The van der Waals surface area contributed by atoms with Crippen molar-refractivity contribution in [1.29, 1.82) is 0 Å². The van der Waals surface area contributed by atoms with E-state index in [0.29, 0.717) is 0 Å². The van der Waals surface area contributed by atoms with Crippen LogP contribution >= 0.6 is 15.9 Å². The maximum atomic E-state index is 6.84. The fourth-order valence-electron chi connectivity index (χ4n) is 5.72. The second-order valence-corrected chi connectivity index (χ2v) is 18.6. The van der Waals surface area contributed by atoms with Crippen molar-refractivity contribution in [3.63, 3.8) is 0 Å². The summed E-state index contributed by atoms with van der Waals surface area (Å²) >= 11 is 3.77. The van der Waals surface area contributed by atoms with Crippen LogP contribution in [0.2, 0.25) is 19.6 Å². The standard InChI is InChI=1S/C32H57BrO2Si/c1-23(2)14-11-15-24(3)16-12-17-25(4)18-13-20-32(7)21-19-28-29(22-33)31(35-36(8,9)10)27(6)26(5)30(28)34-32/h23-25H,11-22H2,1-10H3. The highest BCUT2D eigenvalue weighted by Crippen LogP contribution is 2.46. The van der Waals surface area contributed by atoms with Crippen molar-refractivity contribution in [3.05, 3.63) is 22.3 Å². The molecule has 3 atom stereocenters. The molecular weight excluding hydrogens is 524 g/mol. The van der Waals surface area contributed by atoms with Gasteiger partial charge in [-0.2, -0.15) is 0 Å². The van der Waals surface area contributed by atoms with Gasteiger partial charge in [-0.15, -0.1) is 0 Å². The minimum absolute atomic E-state index is 0.0560. The van der Waals surface area contributed by atoms with Crippen LogP contribution < -0.4 is 9.16 Å². The molecule has 3 unspecified atom stereocenters. The fraction of sp³-hybridized carbons (Fsp3) is 0.812. The highest BCUT2D eigenvalue weighted by Gasteiger charge is 2.35. The summed E-state index contributed by atoms with van der Waals surface area (Å²) in [6.45, 7) is 23.2. The molecule has 2 nitrogen and oxygen atoms in total. The average molecular weight is 582 g/mol. The summed E-state index contributed by atoms with van der Waals surface area (Å²) < 4.78 is 13.4. The number of fused-ring (bicyclic) bond motifs is 1. The first kappa shape index (κ1) is 31.7. The molecule has 0 saturated carbocycles. The molecule has 0 bridgehead atoms. The van der Waals surface area contributed by atoms with Gasteiger partial charge in [0.25, 0.3) is 0 Å². The topological polar surface area (TPSA) is 18.5 Å². The van der Waals surface area contributed by atoms with Crippen LogP contribution in [0.5, 0.6) is 11.5 Å². The van der Waals surface area contributed by atoms with Crippen LogP contribution in [0, 0.1) is 31.6 Å².